The van der Waals surface area contributed by atoms with E-state index >= 15 is 0 Å². The van der Waals surface area contributed by atoms with Crippen LogP contribution in [-0.2, 0) is 13.6 Å². The Labute approximate surface area is 130 Å². The molecule has 2 N–H and O–H groups in total. The molecular weight excluding hydrogens is 284 g/mol. The molecule has 1 aromatic heterocycles. The fourth-order valence-electron chi connectivity index (χ4n) is 2.05. The summed E-state index contributed by atoms with van der Waals surface area (Å²) in [5, 5.41) is 4.16. The summed E-state index contributed by atoms with van der Waals surface area (Å²) in [7, 11) is 3.97. The first kappa shape index (κ1) is 15.5. The Bertz CT molecular complexity index is 611. The molecule has 2 aromatic rings. The molecule has 0 saturated heterocycles. The molecule has 0 bridgehead atoms. The van der Waals surface area contributed by atoms with Crippen molar-refractivity contribution >= 4 is 17.2 Å². The van der Waals surface area contributed by atoms with E-state index in [1.54, 1.807) is 4.68 Å². The number of aromatic nitrogens is 2. The first-order chi connectivity index (χ1) is 10.1. The average Bonchev–Trinajstić information content (AvgIpc) is 2.84. The van der Waals surface area contributed by atoms with E-state index in [9.17, 15) is 0 Å². The van der Waals surface area contributed by atoms with E-state index in [1.165, 1.54) is 5.56 Å². The van der Waals surface area contributed by atoms with Crippen LogP contribution < -0.4 is 10.5 Å². The lowest BCUT2D eigenvalue weighted by atomic mass is 10.2. The molecule has 5 nitrogen and oxygen atoms in total. The first-order valence-electron chi connectivity index (χ1n) is 6.74. The Morgan fingerprint density at radius 1 is 1.43 bits per heavy atom. The molecule has 0 amide bonds. The van der Waals surface area contributed by atoms with Gasteiger partial charge in [0.25, 0.3) is 0 Å². The van der Waals surface area contributed by atoms with E-state index < -0.39 is 0 Å². The average molecular weight is 304 g/mol. The highest BCUT2D eigenvalue weighted by atomic mass is 32.1. The summed E-state index contributed by atoms with van der Waals surface area (Å²) < 4.78 is 7.59. The third-order valence-corrected chi connectivity index (χ3v) is 3.31. The Hall–Kier alpha value is -1.92. The standard InChI is InChI=1S/C15H20N4OS/c1-18(10-12-9-17-19(2)11-12)7-8-20-14-6-4-3-5-13(14)15(16)21/h3-6,9,11H,7-8,10H2,1-2H3,(H2,16,21). The van der Waals surface area contributed by atoms with Gasteiger partial charge in [0.2, 0.25) is 0 Å². The van der Waals surface area contributed by atoms with Crippen LogP contribution >= 0.6 is 12.2 Å². The van der Waals surface area contributed by atoms with Gasteiger partial charge in [-0.2, -0.15) is 5.10 Å². The maximum Gasteiger partial charge on any atom is 0.129 e. The summed E-state index contributed by atoms with van der Waals surface area (Å²) >= 11 is 5.02. The van der Waals surface area contributed by atoms with Crippen molar-refractivity contribution in [2.45, 2.75) is 6.54 Å². The molecule has 0 radical (unpaired) electrons. The zero-order valence-electron chi connectivity index (χ0n) is 12.3. The van der Waals surface area contributed by atoms with Crippen LogP contribution in [0.15, 0.2) is 36.7 Å². The Kier molecular flexibility index (Phi) is 5.30. The number of hydrogen-bond donors (Lipinski definition) is 1. The molecular formula is C15H20N4OS. The highest BCUT2D eigenvalue weighted by molar-refractivity contribution is 7.80. The number of nitrogens with two attached hydrogens (primary N) is 1. The summed E-state index contributed by atoms with van der Waals surface area (Å²) in [6, 6.07) is 7.57. The lowest BCUT2D eigenvalue weighted by Gasteiger charge is -2.17. The molecule has 1 heterocycles. The Balaban J connectivity index is 1.83. The molecule has 0 aliphatic rings. The number of hydrogen-bond acceptors (Lipinski definition) is 4. The van der Waals surface area contributed by atoms with Gasteiger partial charge in [-0.05, 0) is 19.2 Å². The van der Waals surface area contributed by atoms with E-state index in [-0.39, 0.29) is 0 Å². The van der Waals surface area contributed by atoms with Gasteiger partial charge in [0.1, 0.15) is 17.3 Å². The molecule has 2 rings (SSSR count). The van der Waals surface area contributed by atoms with Crippen LogP contribution in [0.2, 0.25) is 0 Å². The van der Waals surface area contributed by atoms with Gasteiger partial charge in [0.15, 0.2) is 0 Å². The number of ether oxygens (including phenoxy) is 1. The number of para-hydroxylation sites is 1. The van der Waals surface area contributed by atoms with Gasteiger partial charge in [0, 0.05) is 31.9 Å². The monoisotopic (exact) mass is 304 g/mol. The highest BCUT2D eigenvalue weighted by Gasteiger charge is 2.06. The normalized spacial score (nSPS) is 10.8. The minimum absolute atomic E-state index is 0.356. The molecule has 6 heteroatoms. The van der Waals surface area contributed by atoms with Gasteiger partial charge in [0.05, 0.1) is 11.8 Å². The van der Waals surface area contributed by atoms with Crippen LogP contribution in [0.3, 0.4) is 0 Å². The second-order valence-corrected chi connectivity index (χ2v) is 5.41. The van der Waals surface area contributed by atoms with Gasteiger partial charge < -0.3 is 10.5 Å². The number of likely N-dealkylation sites (N-methyl/N-ethyl adjacent to an activating group) is 1. The minimum Gasteiger partial charge on any atom is -0.492 e. The second-order valence-electron chi connectivity index (χ2n) is 4.97. The molecule has 1 aromatic carbocycles. The zero-order valence-corrected chi connectivity index (χ0v) is 13.1. The predicted molar refractivity (Wildman–Crippen MR) is 87.4 cm³/mol. The predicted octanol–water partition coefficient (Wildman–Crippen LogP) is 1.57. The van der Waals surface area contributed by atoms with Crippen LogP contribution in [0.4, 0.5) is 0 Å². The molecule has 0 spiro atoms. The second kappa shape index (κ2) is 7.19. The molecule has 0 fully saturated rings. The summed E-state index contributed by atoms with van der Waals surface area (Å²) in [5.41, 5.74) is 7.65. The van der Waals surface area contributed by atoms with Gasteiger partial charge in [-0.3, -0.25) is 9.58 Å². The van der Waals surface area contributed by atoms with Gasteiger partial charge in [-0.15, -0.1) is 0 Å². The van der Waals surface area contributed by atoms with E-state index in [1.807, 2.05) is 43.7 Å². The third-order valence-electron chi connectivity index (χ3n) is 3.09. The van der Waals surface area contributed by atoms with Crippen molar-refractivity contribution in [1.29, 1.82) is 0 Å². The number of thiocarbonyl (C=S) groups is 1. The maximum absolute atomic E-state index is 5.78. The van der Waals surface area contributed by atoms with E-state index in [2.05, 4.69) is 17.0 Å². The zero-order chi connectivity index (χ0) is 15.2. The quantitative estimate of drug-likeness (QED) is 0.787. The molecule has 0 aliphatic heterocycles. The van der Waals surface area contributed by atoms with E-state index in [4.69, 9.17) is 22.7 Å². The lowest BCUT2D eigenvalue weighted by Crippen LogP contribution is -2.24. The van der Waals surface area contributed by atoms with Crippen LogP contribution in [0.5, 0.6) is 5.75 Å². The molecule has 0 unspecified atom stereocenters. The topological polar surface area (TPSA) is 56.3 Å². The van der Waals surface area contributed by atoms with Crippen molar-refractivity contribution in [3.8, 4) is 5.75 Å². The van der Waals surface area contributed by atoms with Gasteiger partial charge >= 0.3 is 0 Å². The molecule has 0 atom stereocenters. The number of aryl methyl sites for hydroxylation is 1. The van der Waals surface area contributed by atoms with Crippen molar-refractivity contribution in [3.63, 3.8) is 0 Å². The third kappa shape index (κ3) is 4.54. The molecule has 112 valence electrons. The fourth-order valence-corrected chi connectivity index (χ4v) is 2.22. The van der Waals surface area contributed by atoms with Crippen molar-refractivity contribution in [2.75, 3.05) is 20.2 Å². The Morgan fingerprint density at radius 3 is 2.86 bits per heavy atom. The number of benzene rings is 1. The molecule has 21 heavy (non-hydrogen) atoms. The van der Waals surface area contributed by atoms with Gasteiger partial charge in [-0.1, -0.05) is 24.4 Å². The van der Waals surface area contributed by atoms with Crippen molar-refractivity contribution in [1.82, 2.24) is 14.7 Å². The summed E-state index contributed by atoms with van der Waals surface area (Å²) in [5.74, 6) is 0.736. The minimum atomic E-state index is 0.356. The fraction of sp³-hybridized carbons (Fsp3) is 0.333. The van der Waals surface area contributed by atoms with Crippen LogP contribution in [-0.4, -0.2) is 39.9 Å². The van der Waals surface area contributed by atoms with E-state index in [0.29, 0.717) is 11.6 Å². The van der Waals surface area contributed by atoms with Crippen LogP contribution in [0, 0.1) is 0 Å². The number of rotatable bonds is 7. The van der Waals surface area contributed by atoms with E-state index in [0.717, 1.165) is 24.4 Å². The highest BCUT2D eigenvalue weighted by Crippen LogP contribution is 2.17. The summed E-state index contributed by atoms with van der Waals surface area (Å²) in [6.07, 6.45) is 3.89. The Morgan fingerprint density at radius 2 is 2.19 bits per heavy atom. The SMILES string of the molecule is CN(CCOc1ccccc1C(N)=S)Cc1cnn(C)c1. The van der Waals surface area contributed by atoms with Crippen molar-refractivity contribution < 1.29 is 4.74 Å². The summed E-state index contributed by atoms with van der Waals surface area (Å²) in [6.45, 7) is 2.23. The van der Waals surface area contributed by atoms with Crippen molar-refractivity contribution in [2.24, 2.45) is 12.8 Å². The molecule has 0 aliphatic carbocycles. The van der Waals surface area contributed by atoms with Gasteiger partial charge in [-0.25, -0.2) is 0 Å². The molecule has 0 saturated carbocycles. The number of nitrogens with zero attached hydrogens (tertiary/aromatic N) is 3. The van der Waals surface area contributed by atoms with Crippen molar-refractivity contribution in [3.05, 3.63) is 47.8 Å². The summed E-state index contributed by atoms with van der Waals surface area (Å²) in [4.78, 5) is 2.54. The van der Waals surface area contributed by atoms with Crippen LogP contribution in [0.1, 0.15) is 11.1 Å². The maximum atomic E-state index is 5.78. The van der Waals surface area contributed by atoms with Crippen LogP contribution in [0.25, 0.3) is 0 Å². The lowest BCUT2D eigenvalue weighted by molar-refractivity contribution is 0.232. The largest absolute Gasteiger partial charge is 0.492 e. The first-order valence-corrected chi connectivity index (χ1v) is 7.15. The smallest absolute Gasteiger partial charge is 0.129 e.